The van der Waals surface area contributed by atoms with Crippen molar-refractivity contribution in [3.05, 3.63) is 35.4 Å². The second kappa shape index (κ2) is 4.50. The lowest BCUT2D eigenvalue weighted by molar-refractivity contribution is -0.288. The number of carbonyl (C=O) groups is 3. The van der Waals surface area contributed by atoms with Gasteiger partial charge in [0.1, 0.15) is 0 Å². The van der Waals surface area contributed by atoms with E-state index >= 15 is 0 Å². The van der Waals surface area contributed by atoms with E-state index in [1.165, 1.54) is 12.1 Å². The number of rotatable bonds is 2. The zero-order valence-corrected chi connectivity index (χ0v) is 9.78. The Morgan fingerprint density at radius 2 is 1.38 bits per heavy atom. The van der Waals surface area contributed by atoms with Crippen LogP contribution < -0.4 is 0 Å². The molecule has 21 heavy (non-hydrogen) atoms. The number of benzene rings is 1. The Hall–Kier alpha value is -2.52. The van der Waals surface area contributed by atoms with Crippen molar-refractivity contribution in [2.75, 3.05) is 0 Å². The summed E-state index contributed by atoms with van der Waals surface area (Å²) in [6.45, 7) is 0. The van der Waals surface area contributed by atoms with Crippen LogP contribution in [0.25, 0.3) is 0 Å². The van der Waals surface area contributed by atoms with E-state index in [0.717, 1.165) is 12.1 Å². The topological polar surface area (TPSA) is 63.7 Å². The van der Waals surface area contributed by atoms with Gasteiger partial charge in [0.05, 0.1) is 11.1 Å². The molecule has 1 aromatic carbocycles. The van der Waals surface area contributed by atoms with Crippen molar-refractivity contribution in [3.8, 4) is 0 Å². The Kier molecular flexibility index (Phi) is 3.19. The second-order valence-corrected chi connectivity index (χ2v) is 3.90. The molecule has 0 fully saturated rings. The van der Waals surface area contributed by atoms with Crippen molar-refractivity contribution in [3.63, 3.8) is 0 Å². The number of hydrogen-bond acceptors (Lipinski definition) is 4. The van der Waals surface area contributed by atoms with Gasteiger partial charge in [-0.2, -0.15) is 22.0 Å². The maximum Gasteiger partial charge on any atom is 0.465 e. The maximum atomic E-state index is 12.7. The fourth-order valence-electron chi connectivity index (χ4n) is 1.51. The highest BCUT2D eigenvalue weighted by molar-refractivity contribution is 6.20. The summed E-state index contributed by atoms with van der Waals surface area (Å²) in [5.41, 5.74) is -0.545. The van der Waals surface area contributed by atoms with Crippen molar-refractivity contribution in [1.29, 1.82) is 0 Å². The van der Waals surface area contributed by atoms with Crippen LogP contribution in [0, 0.1) is 0 Å². The smallest absolute Gasteiger partial charge is 0.323 e. The third kappa shape index (κ3) is 2.22. The number of hydroxylamine groups is 2. The summed E-state index contributed by atoms with van der Waals surface area (Å²) in [6, 6.07) is 4.93. The molecule has 5 nitrogen and oxygen atoms in total. The molecule has 10 heteroatoms. The van der Waals surface area contributed by atoms with Crippen LogP contribution in [-0.2, 0) is 9.63 Å². The first-order valence-electron chi connectivity index (χ1n) is 5.22. The molecular weight excluding hydrogens is 305 g/mol. The monoisotopic (exact) mass is 309 g/mol. The molecule has 1 aliphatic heterocycles. The van der Waals surface area contributed by atoms with Crippen LogP contribution in [0.1, 0.15) is 20.7 Å². The van der Waals surface area contributed by atoms with Gasteiger partial charge in [-0.1, -0.05) is 17.2 Å². The average Bonchev–Trinajstić information content (AvgIpc) is 2.63. The molecule has 112 valence electrons. The minimum Gasteiger partial charge on any atom is -0.323 e. The minimum absolute atomic E-state index is 0.273. The first-order valence-corrected chi connectivity index (χ1v) is 5.22. The van der Waals surface area contributed by atoms with Gasteiger partial charge >= 0.3 is 18.1 Å². The molecule has 2 amide bonds. The Morgan fingerprint density at radius 1 is 0.952 bits per heavy atom. The van der Waals surface area contributed by atoms with Crippen molar-refractivity contribution in [2.45, 2.75) is 12.1 Å². The normalized spacial score (nSPS) is 15.2. The van der Waals surface area contributed by atoms with Crippen molar-refractivity contribution < 1.29 is 41.2 Å². The van der Waals surface area contributed by atoms with Crippen molar-refractivity contribution >= 4 is 17.8 Å². The number of carbonyl (C=O) groups excluding carboxylic acids is 3. The van der Waals surface area contributed by atoms with Crippen LogP contribution in [0.4, 0.5) is 22.0 Å². The van der Waals surface area contributed by atoms with Crippen LogP contribution in [-0.4, -0.2) is 34.9 Å². The summed E-state index contributed by atoms with van der Waals surface area (Å²) < 4.78 is 61.4. The summed E-state index contributed by atoms with van der Waals surface area (Å²) in [4.78, 5) is 37.7. The minimum atomic E-state index is -6.21. The Balaban J connectivity index is 2.25. The number of alkyl halides is 5. The summed E-state index contributed by atoms with van der Waals surface area (Å²) in [6.07, 6.45) is -6.21. The highest BCUT2D eigenvalue weighted by atomic mass is 19.4. The molecule has 1 aliphatic rings. The van der Waals surface area contributed by atoms with Gasteiger partial charge in [0.25, 0.3) is 11.8 Å². The van der Waals surface area contributed by atoms with Gasteiger partial charge in [-0.05, 0) is 12.1 Å². The third-order valence-corrected chi connectivity index (χ3v) is 2.54. The van der Waals surface area contributed by atoms with Crippen LogP contribution in [0.15, 0.2) is 24.3 Å². The molecule has 0 N–H and O–H groups in total. The molecule has 0 aromatic heterocycles. The van der Waals surface area contributed by atoms with Gasteiger partial charge in [0.2, 0.25) is 0 Å². The highest BCUT2D eigenvalue weighted by Gasteiger charge is 2.66. The predicted molar refractivity (Wildman–Crippen MR) is 54.0 cm³/mol. The van der Waals surface area contributed by atoms with Crippen LogP contribution >= 0.6 is 0 Å². The molecule has 0 spiro atoms. The number of hydrogen-bond donors (Lipinski definition) is 0. The van der Waals surface area contributed by atoms with Crippen LogP contribution in [0.2, 0.25) is 0 Å². The van der Waals surface area contributed by atoms with Gasteiger partial charge in [-0.15, -0.1) is 0 Å². The summed E-state index contributed by atoms with van der Waals surface area (Å²) >= 11 is 0. The number of amides is 2. The standard InChI is InChI=1S/C11H4F5NO4/c12-10(13,11(14,15)16)9(20)21-17-7(18)5-3-1-2-4-6(5)8(17)19/h1-4H. The van der Waals surface area contributed by atoms with Gasteiger partial charge in [0, 0.05) is 0 Å². The Morgan fingerprint density at radius 3 is 1.76 bits per heavy atom. The summed E-state index contributed by atoms with van der Waals surface area (Å²) in [7, 11) is 0. The highest BCUT2D eigenvalue weighted by Crippen LogP contribution is 2.37. The van der Waals surface area contributed by atoms with Gasteiger partial charge < -0.3 is 4.84 Å². The summed E-state index contributed by atoms with van der Waals surface area (Å²) in [5, 5.41) is -0.424. The van der Waals surface area contributed by atoms with Crippen molar-refractivity contribution in [1.82, 2.24) is 5.06 Å². The number of halogens is 5. The second-order valence-electron chi connectivity index (χ2n) is 3.90. The molecule has 1 heterocycles. The predicted octanol–water partition coefficient (Wildman–Crippen LogP) is 1.94. The van der Waals surface area contributed by atoms with E-state index in [4.69, 9.17) is 0 Å². The van der Waals surface area contributed by atoms with E-state index in [1.54, 1.807) is 0 Å². The molecule has 1 aromatic rings. The van der Waals surface area contributed by atoms with E-state index in [-0.39, 0.29) is 11.1 Å². The molecule has 0 saturated heterocycles. The van der Waals surface area contributed by atoms with E-state index in [2.05, 4.69) is 4.84 Å². The number of imide groups is 1. The molecule has 0 atom stereocenters. The maximum absolute atomic E-state index is 12.7. The molecule has 0 saturated carbocycles. The average molecular weight is 309 g/mol. The molecular formula is C11H4F5NO4. The lowest BCUT2D eigenvalue weighted by Gasteiger charge is -2.20. The number of fused-ring (bicyclic) bond motifs is 1. The Labute approximate surface area is 112 Å². The van der Waals surface area contributed by atoms with Gasteiger partial charge in [-0.3, -0.25) is 9.59 Å². The van der Waals surface area contributed by atoms with E-state index < -0.39 is 34.9 Å². The third-order valence-electron chi connectivity index (χ3n) is 2.54. The van der Waals surface area contributed by atoms with Crippen molar-refractivity contribution in [2.24, 2.45) is 0 Å². The first-order chi connectivity index (χ1) is 9.57. The lowest BCUT2D eigenvalue weighted by Crippen LogP contribution is -2.48. The van der Waals surface area contributed by atoms with Crippen LogP contribution in [0.5, 0.6) is 0 Å². The fraction of sp³-hybridized carbons (Fsp3) is 0.182. The largest absolute Gasteiger partial charge is 0.465 e. The first kappa shape index (κ1) is 14.9. The van der Waals surface area contributed by atoms with Crippen LogP contribution in [0.3, 0.4) is 0 Å². The summed E-state index contributed by atoms with van der Waals surface area (Å²) in [5.74, 6) is -11.5. The lowest BCUT2D eigenvalue weighted by atomic mass is 10.1. The molecule has 0 unspecified atom stereocenters. The van der Waals surface area contributed by atoms with E-state index in [1.807, 2.05) is 0 Å². The fourth-order valence-corrected chi connectivity index (χ4v) is 1.51. The molecule has 0 bridgehead atoms. The Bertz CT molecular complexity index is 605. The van der Waals surface area contributed by atoms with E-state index in [9.17, 15) is 36.3 Å². The molecule has 0 aliphatic carbocycles. The molecule has 0 radical (unpaired) electrons. The van der Waals surface area contributed by atoms with Gasteiger partial charge in [0.15, 0.2) is 0 Å². The quantitative estimate of drug-likeness (QED) is 0.618. The van der Waals surface area contributed by atoms with E-state index in [0.29, 0.717) is 0 Å². The molecule has 2 rings (SSSR count). The zero-order valence-electron chi connectivity index (χ0n) is 9.78. The zero-order chi connectivity index (χ0) is 16.0. The van der Waals surface area contributed by atoms with Gasteiger partial charge in [-0.25, -0.2) is 4.79 Å². The number of nitrogens with zero attached hydrogens (tertiary/aromatic N) is 1. The SMILES string of the molecule is O=C1c2ccccc2C(=O)N1OC(=O)C(F)(F)C(F)(F)F.